The third-order valence-electron chi connectivity index (χ3n) is 5.67. The molecule has 5 rings (SSSR count). The molecule has 0 saturated heterocycles. The first kappa shape index (κ1) is 18.4. The lowest BCUT2D eigenvalue weighted by molar-refractivity contribution is -0.118. The normalized spacial score (nSPS) is 15.5. The van der Waals surface area contributed by atoms with Crippen LogP contribution in [0.5, 0.6) is 17.4 Å². The monoisotopic (exact) mass is 403 g/mol. The first-order valence-electron chi connectivity index (χ1n) is 9.79. The molecule has 2 aliphatic rings. The maximum Gasteiger partial charge on any atom is 0.236 e. The number of hydrogen-bond donors (Lipinski definition) is 1. The van der Waals surface area contributed by atoms with Gasteiger partial charge in [-0.25, -0.2) is 9.97 Å². The zero-order chi connectivity index (χ0) is 20.7. The van der Waals surface area contributed by atoms with Gasteiger partial charge in [-0.1, -0.05) is 12.1 Å². The molecule has 0 spiro atoms. The van der Waals surface area contributed by atoms with Gasteiger partial charge in [-0.3, -0.25) is 4.79 Å². The molecule has 1 aliphatic heterocycles. The number of nitrogens with one attached hydrogen (secondary N) is 1. The van der Waals surface area contributed by atoms with Gasteiger partial charge in [0.1, 0.15) is 5.82 Å². The molecule has 3 aromatic rings. The summed E-state index contributed by atoms with van der Waals surface area (Å²) in [7, 11) is 1.58. The van der Waals surface area contributed by atoms with Crippen LogP contribution in [0.2, 0.25) is 0 Å². The molecule has 3 heterocycles. The van der Waals surface area contributed by atoms with Crippen LogP contribution in [0.25, 0.3) is 11.3 Å². The molecule has 7 heteroatoms. The molecule has 1 fully saturated rings. The van der Waals surface area contributed by atoms with Crippen molar-refractivity contribution >= 4 is 11.7 Å². The van der Waals surface area contributed by atoms with E-state index in [4.69, 9.17) is 14.2 Å². The van der Waals surface area contributed by atoms with Crippen LogP contribution >= 0.6 is 0 Å². The molecule has 0 atom stereocenters. The molecule has 1 saturated carbocycles. The lowest BCUT2D eigenvalue weighted by Gasteiger charge is -2.17. The van der Waals surface area contributed by atoms with Crippen molar-refractivity contribution in [3.63, 3.8) is 0 Å². The Labute approximate surface area is 174 Å². The Morgan fingerprint density at radius 1 is 1.10 bits per heavy atom. The van der Waals surface area contributed by atoms with Crippen LogP contribution in [0.15, 0.2) is 48.7 Å². The second-order valence-corrected chi connectivity index (χ2v) is 7.56. The summed E-state index contributed by atoms with van der Waals surface area (Å²) in [5, 5.41) is 3.00. The number of amides is 1. The SMILES string of the molecule is COc1ccc(-c2nc(NC(=O)C3(c4ccc5c(c4)OCO5)CC3)ccc2C)cn1. The predicted molar refractivity (Wildman–Crippen MR) is 111 cm³/mol. The number of rotatable bonds is 5. The molecule has 30 heavy (non-hydrogen) atoms. The van der Waals surface area contributed by atoms with Gasteiger partial charge in [0.2, 0.25) is 18.6 Å². The standard InChI is InChI=1S/C23H21N3O4/c1-14-3-7-19(25-21(14)15-4-8-20(28-2)24-12-15)26-22(27)23(9-10-23)16-5-6-17-18(11-16)30-13-29-17/h3-8,11-12H,9-10,13H2,1-2H3,(H,25,26,27). The van der Waals surface area contributed by atoms with Crippen LogP contribution in [0, 0.1) is 6.92 Å². The van der Waals surface area contributed by atoms with E-state index in [-0.39, 0.29) is 12.7 Å². The maximum atomic E-state index is 13.2. The van der Waals surface area contributed by atoms with Crippen LogP contribution in [-0.2, 0) is 10.2 Å². The highest BCUT2D eigenvalue weighted by molar-refractivity contribution is 6.01. The minimum absolute atomic E-state index is 0.0588. The average Bonchev–Trinajstić information content (AvgIpc) is 3.46. The van der Waals surface area contributed by atoms with Gasteiger partial charge in [-0.2, -0.15) is 0 Å². The van der Waals surface area contributed by atoms with Crippen LogP contribution in [0.3, 0.4) is 0 Å². The highest BCUT2D eigenvalue weighted by atomic mass is 16.7. The molecule has 1 aliphatic carbocycles. The highest BCUT2D eigenvalue weighted by Crippen LogP contribution is 2.51. The Balaban J connectivity index is 1.39. The van der Waals surface area contributed by atoms with Gasteiger partial charge in [0.05, 0.1) is 18.2 Å². The molecule has 0 bridgehead atoms. The van der Waals surface area contributed by atoms with Gasteiger partial charge in [0.25, 0.3) is 0 Å². The molecule has 0 radical (unpaired) electrons. The zero-order valence-corrected chi connectivity index (χ0v) is 16.8. The zero-order valence-electron chi connectivity index (χ0n) is 16.8. The van der Waals surface area contributed by atoms with Crippen molar-refractivity contribution in [2.75, 3.05) is 19.2 Å². The quantitative estimate of drug-likeness (QED) is 0.697. The van der Waals surface area contributed by atoms with Gasteiger partial charge in [-0.05, 0) is 55.2 Å². The number of aryl methyl sites for hydroxylation is 1. The van der Waals surface area contributed by atoms with Crippen molar-refractivity contribution in [3.05, 3.63) is 59.8 Å². The fraction of sp³-hybridized carbons (Fsp3) is 0.261. The number of aromatic nitrogens is 2. The number of hydrogen-bond acceptors (Lipinski definition) is 6. The Kier molecular flexibility index (Phi) is 4.31. The van der Waals surface area contributed by atoms with Crippen LogP contribution < -0.4 is 19.5 Å². The predicted octanol–water partition coefficient (Wildman–Crippen LogP) is 3.86. The summed E-state index contributed by atoms with van der Waals surface area (Å²) < 4.78 is 16.0. The van der Waals surface area contributed by atoms with Crippen LogP contribution in [-0.4, -0.2) is 29.8 Å². The minimum atomic E-state index is -0.546. The first-order valence-corrected chi connectivity index (χ1v) is 9.79. The van der Waals surface area contributed by atoms with E-state index in [2.05, 4.69) is 15.3 Å². The van der Waals surface area contributed by atoms with Gasteiger partial charge >= 0.3 is 0 Å². The average molecular weight is 403 g/mol. The van der Waals surface area contributed by atoms with Crippen LogP contribution in [0.4, 0.5) is 5.82 Å². The van der Waals surface area contributed by atoms with Crippen molar-refractivity contribution in [1.82, 2.24) is 9.97 Å². The largest absolute Gasteiger partial charge is 0.481 e. The number of carbonyl (C=O) groups is 1. The summed E-state index contributed by atoms with van der Waals surface area (Å²) in [6.07, 6.45) is 3.30. The molecule has 1 amide bonds. The summed E-state index contributed by atoms with van der Waals surface area (Å²) in [5.74, 6) is 2.41. The number of benzene rings is 1. The van der Waals surface area contributed by atoms with E-state index in [1.807, 2.05) is 43.3 Å². The molecule has 0 unspecified atom stereocenters. The van der Waals surface area contributed by atoms with E-state index in [0.717, 1.165) is 35.2 Å². The number of nitrogens with zero attached hydrogens (tertiary/aromatic N) is 2. The molecule has 1 aromatic carbocycles. The second kappa shape index (κ2) is 7.02. The molecule has 152 valence electrons. The van der Waals surface area contributed by atoms with Crippen molar-refractivity contribution in [3.8, 4) is 28.6 Å². The Morgan fingerprint density at radius 2 is 1.93 bits per heavy atom. The van der Waals surface area contributed by atoms with Gasteiger partial charge < -0.3 is 19.5 Å². The van der Waals surface area contributed by atoms with E-state index >= 15 is 0 Å². The van der Waals surface area contributed by atoms with E-state index in [1.54, 1.807) is 19.4 Å². The van der Waals surface area contributed by atoms with E-state index in [9.17, 15) is 4.79 Å². The Bertz CT molecular complexity index is 1120. The number of anilines is 1. The summed E-state index contributed by atoms with van der Waals surface area (Å²) in [6.45, 7) is 2.20. The summed E-state index contributed by atoms with van der Waals surface area (Å²) in [6, 6.07) is 13.2. The molecule has 1 N–H and O–H groups in total. The summed E-state index contributed by atoms with van der Waals surface area (Å²) in [5.41, 5.74) is 3.03. The van der Waals surface area contributed by atoms with Crippen molar-refractivity contribution in [1.29, 1.82) is 0 Å². The third kappa shape index (κ3) is 3.12. The fourth-order valence-electron chi connectivity index (χ4n) is 3.73. The Morgan fingerprint density at radius 3 is 2.67 bits per heavy atom. The maximum absolute atomic E-state index is 13.2. The number of carbonyl (C=O) groups excluding carboxylic acids is 1. The molecular weight excluding hydrogens is 382 g/mol. The lowest BCUT2D eigenvalue weighted by atomic mass is 9.94. The highest BCUT2D eigenvalue weighted by Gasteiger charge is 2.51. The van der Waals surface area contributed by atoms with Gasteiger partial charge in [0, 0.05) is 17.8 Å². The number of ether oxygens (including phenoxy) is 3. The van der Waals surface area contributed by atoms with Gasteiger partial charge in [-0.15, -0.1) is 0 Å². The van der Waals surface area contributed by atoms with E-state index < -0.39 is 5.41 Å². The Hall–Kier alpha value is -3.61. The van der Waals surface area contributed by atoms with Gasteiger partial charge in [0.15, 0.2) is 11.5 Å². The number of pyridine rings is 2. The summed E-state index contributed by atoms with van der Waals surface area (Å²) >= 11 is 0. The van der Waals surface area contributed by atoms with Crippen molar-refractivity contribution in [2.45, 2.75) is 25.2 Å². The first-order chi connectivity index (χ1) is 14.6. The van der Waals surface area contributed by atoms with E-state index in [1.165, 1.54) is 0 Å². The molecule has 2 aromatic heterocycles. The second-order valence-electron chi connectivity index (χ2n) is 7.56. The van der Waals surface area contributed by atoms with Crippen LogP contribution in [0.1, 0.15) is 24.0 Å². The number of fused-ring (bicyclic) bond motifs is 1. The molecule has 7 nitrogen and oxygen atoms in total. The lowest BCUT2D eigenvalue weighted by Crippen LogP contribution is -2.28. The van der Waals surface area contributed by atoms with Crippen molar-refractivity contribution < 1.29 is 19.0 Å². The number of methoxy groups -OCH3 is 1. The third-order valence-corrected chi connectivity index (χ3v) is 5.67. The van der Waals surface area contributed by atoms with Crippen molar-refractivity contribution in [2.24, 2.45) is 0 Å². The topological polar surface area (TPSA) is 82.6 Å². The molecular formula is C23H21N3O4. The fourth-order valence-corrected chi connectivity index (χ4v) is 3.73. The minimum Gasteiger partial charge on any atom is -0.481 e. The smallest absolute Gasteiger partial charge is 0.236 e. The van der Waals surface area contributed by atoms with E-state index in [0.29, 0.717) is 23.2 Å². The summed E-state index contributed by atoms with van der Waals surface area (Å²) in [4.78, 5) is 22.1.